The fraction of sp³-hybridized carbons (Fsp3) is 0.278. The maximum atomic E-state index is 4.97. The lowest BCUT2D eigenvalue weighted by atomic mass is 9.87. The summed E-state index contributed by atoms with van der Waals surface area (Å²) in [7, 11) is 0. The quantitative estimate of drug-likeness (QED) is 0.798. The minimum absolute atomic E-state index is 0.0715. The second kappa shape index (κ2) is 4.03. The predicted molar refractivity (Wildman–Crippen MR) is 81.0 cm³/mol. The fourth-order valence-electron chi connectivity index (χ4n) is 4.06. The van der Waals surface area contributed by atoms with Gasteiger partial charge in [0.25, 0.3) is 0 Å². The lowest BCUT2D eigenvalue weighted by Crippen LogP contribution is -3.00. The molecule has 1 unspecified atom stereocenters. The van der Waals surface area contributed by atoms with Gasteiger partial charge in [-0.2, -0.15) is 0 Å². The normalized spacial score (nSPS) is 34.5. The maximum absolute atomic E-state index is 4.97. The molecule has 1 N–H and O–H groups in total. The van der Waals surface area contributed by atoms with Gasteiger partial charge >= 0.3 is 0 Å². The van der Waals surface area contributed by atoms with E-state index in [1.807, 2.05) is 0 Å². The second-order valence-corrected chi connectivity index (χ2v) is 5.87. The molecule has 0 aliphatic carbocycles. The number of rotatable bonds is 2. The lowest BCUT2D eigenvalue weighted by Gasteiger charge is -2.11. The molecule has 0 spiro atoms. The third-order valence-electron chi connectivity index (χ3n) is 4.91. The molecule has 0 bridgehead atoms. The van der Waals surface area contributed by atoms with Crippen LogP contribution < -0.4 is 4.90 Å². The van der Waals surface area contributed by atoms with Crippen molar-refractivity contribution in [1.29, 1.82) is 0 Å². The van der Waals surface area contributed by atoms with Crippen LogP contribution in [0.4, 0.5) is 0 Å². The number of nitrogens with zero attached hydrogens (tertiary/aromatic N) is 1. The SMILES string of the molecule is C[C@@H]1N=C(c2ccccc2)[C@@]2(c3ccccc3)[C@H](C)[NH+]12. The van der Waals surface area contributed by atoms with E-state index in [-0.39, 0.29) is 5.54 Å². The Kier molecular flexibility index (Phi) is 2.39. The Morgan fingerprint density at radius 2 is 1.50 bits per heavy atom. The van der Waals surface area contributed by atoms with Crippen LogP contribution in [0.5, 0.6) is 0 Å². The number of benzene rings is 2. The highest BCUT2D eigenvalue weighted by atomic mass is 15.5. The summed E-state index contributed by atoms with van der Waals surface area (Å²) in [5.41, 5.74) is 4.00. The molecule has 2 aromatic rings. The zero-order chi connectivity index (χ0) is 13.7. The van der Waals surface area contributed by atoms with Crippen molar-refractivity contribution in [1.82, 2.24) is 0 Å². The Morgan fingerprint density at radius 1 is 0.900 bits per heavy atom. The number of hydrogen-bond acceptors (Lipinski definition) is 1. The highest BCUT2D eigenvalue weighted by molar-refractivity contribution is 6.09. The van der Waals surface area contributed by atoms with Gasteiger partial charge in [-0.05, 0) is 6.92 Å². The highest BCUT2D eigenvalue weighted by Gasteiger charge is 2.75. The average Bonchev–Trinajstić information content (AvgIpc) is 2.99. The van der Waals surface area contributed by atoms with Gasteiger partial charge in [-0.25, -0.2) is 4.99 Å². The number of aliphatic imine (C=N–C) groups is 1. The van der Waals surface area contributed by atoms with Crippen LogP contribution in [0.15, 0.2) is 65.7 Å². The standard InChI is InChI=1S/C18H18N2/c1-13-18(16-11-7-4-8-12-16)17(19-14(2)20(13)18)15-9-5-3-6-10-15/h3-14H,1-2H3/p+1/t13-,14+,18-,20?/m0/s1. The number of hydrogen-bond donors (Lipinski definition) is 1. The summed E-state index contributed by atoms with van der Waals surface area (Å²) in [4.78, 5) is 6.55. The zero-order valence-electron chi connectivity index (χ0n) is 11.9. The van der Waals surface area contributed by atoms with E-state index in [4.69, 9.17) is 4.99 Å². The van der Waals surface area contributed by atoms with Crippen LogP contribution in [0.25, 0.3) is 0 Å². The monoisotopic (exact) mass is 263 g/mol. The van der Waals surface area contributed by atoms with Gasteiger partial charge < -0.3 is 0 Å². The van der Waals surface area contributed by atoms with E-state index in [0.717, 1.165) is 0 Å². The largest absolute Gasteiger partial charge is 0.287 e. The van der Waals surface area contributed by atoms with Crippen LogP contribution >= 0.6 is 0 Å². The summed E-state index contributed by atoms with van der Waals surface area (Å²) in [6.45, 7) is 4.57. The molecule has 0 radical (unpaired) electrons. The molecular formula is C18H19N2+. The van der Waals surface area contributed by atoms with Crippen molar-refractivity contribution in [3.05, 3.63) is 71.8 Å². The Bertz CT molecular complexity index is 662. The summed E-state index contributed by atoms with van der Waals surface area (Å²) < 4.78 is 0. The molecule has 100 valence electrons. The Hall–Kier alpha value is -1.93. The van der Waals surface area contributed by atoms with E-state index < -0.39 is 0 Å². The molecule has 2 heterocycles. The molecule has 2 aliphatic heterocycles. The first-order chi connectivity index (χ1) is 9.76. The van der Waals surface area contributed by atoms with Crippen molar-refractivity contribution in [2.45, 2.75) is 31.6 Å². The van der Waals surface area contributed by atoms with Gasteiger partial charge in [0.05, 0.1) is 0 Å². The summed E-state index contributed by atoms with van der Waals surface area (Å²) in [6, 6.07) is 22.1. The molecule has 2 nitrogen and oxygen atoms in total. The van der Waals surface area contributed by atoms with Gasteiger partial charge in [0, 0.05) is 18.1 Å². The zero-order valence-corrected chi connectivity index (χ0v) is 11.9. The van der Waals surface area contributed by atoms with E-state index in [0.29, 0.717) is 12.2 Å². The summed E-state index contributed by atoms with van der Waals surface area (Å²) in [5.74, 6) is 0. The first-order valence-corrected chi connectivity index (χ1v) is 7.32. The lowest BCUT2D eigenvalue weighted by molar-refractivity contribution is -0.821. The van der Waals surface area contributed by atoms with Crippen molar-refractivity contribution < 1.29 is 4.90 Å². The number of fused-ring (bicyclic) bond motifs is 1. The van der Waals surface area contributed by atoms with Gasteiger partial charge in [-0.15, -0.1) is 0 Å². The van der Waals surface area contributed by atoms with Crippen molar-refractivity contribution in [3.63, 3.8) is 0 Å². The minimum atomic E-state index is 0.0715. The maximum Gasteiger partial charge on any atom is 0.220 e. The van der Waals surface area contributed by atoms with Crippen LogP contribution in [0, 0.1) is 0 Å². The van der Waals surface area contributed by atoms with Crippen LogP contribution in [0.2, 0.25) is 0 Å². The molecular weight excluding hydrogens is 244 g/mol. The molecule has 4 atom stereocenters. The van der Waals surface area contributed by atoms with E-state index in [2.05, 4.69) is 74.5 Å². The molecule has 1 fully saturated rings. The fourth-order valence-corrected chi connectivity index (χ4v) is 4.06. The van der Waals surface area contributed by atoms with Gasteiger partial charge in [0.1, 0.15) is 5.71 Å². The van der Waals surface area contributed by atoms with Gasteiger partial charge in [0.15, 0.2) is 12.2 Å². The highest BCUT2D eigenvalue weighted by Crippen LogP contribution is 2.39. The first-order valence-electron chi connectivity index (χ1n) is 7.32. The Balaban J connectivity index is 1.88. The minimum Gasteiger partial charge on any atom is -0.287 e. The van der Waals surface area contributed by atoms with Gasteiger partial charge in [-0.3, -0.25) is 4.90 Å². The van der Waals surface area contributed by atoms with Crippen molar-refractivity contribution >= 4 is 5.71 Å². The average molecular weight is 263 g/mol. The topological polar surface area (TPSA) is 16.8 Å². The summed E-state index contributed by atoms with van der Waals surface area (Å²) >= 11 is 0. The summed E-state index contributed by atoms with van der Waals surface area (Å²) in [5, 5.41) is 0. The second-order valence-electron chi connectivity index (χ2n) is 5.87. The third kappa shape index (κ3) is 1.35. The van der Waals surface area contributed by atoms with Gasteiger partial charge in [0.2, 0.25) is 5.54 Å². The number of nitrogens with one attached hydrogen (secondary N) is 1. The molecule has 0 amide bonds. The molecule has 2 heteroatoms. The molecule has 20 heavy (non-hydrogen) atoms. The first kappa shape index (κ1) is 11.9. The predicted octanol–water partition coefficient (Wildman–Crippen LogP) is 2.02. The van der Waals surface area contributed by atoms with E-state index >= 15 is 0 Å². The number of quaternary nitrogens is 1. The molecule has 1 saturated heterocycles. The van der Waals surface area contributed by atoms with E-state index in [1.165, 1.54) is 16.8 Å². The Morgan fingerprint density at radius 3 is 2.10 bits per heavy atom. The van der Waals surface area contributed by atoms with Crippen LogP contribution in [0.3, 0.4) is 0 Å². The van der Waals surface area contributed by atoms with Crippen molar-refractivity contribution in [2.24, 2.45) is 4.99 Å². The smallest absolute Gasteiger partial charge is 0.220 e. The molecule has 2 aromatic carbocycles. The molecule has 0 aromatic heterocycles. The summed E-state index contributed by atoms with van der Waals surface area (Å²) in [6.07, 6.45) is 0.348. The Labute approximate surface area is 119 Å². The van der Waals surface area contributed by atoms with Crippen LogP contribution in [-0.2, 0) is 5.54 Å². The van der Waals surface area contributed by atoms with E-state index in [9.17, 15) is 0 Å². The van der Waals surface area contributed by atoms with Crippen molar-refractivity contribution in [3.8, 4) is 0 Å². The van der Waals surface area contributed by atoms with E-state index in [1.54, 1.807) is 4.90 Å². The molecule has 4 rings (SSSR count). The molecule has 0 saturated carbocycles. The van der Waals surface area contributed by atoms with Gasteiger partial charge in [-0.1, -0.05) is 60.7 Å². The molecule has 2 aliphatic rings. The van der Waals surface area contributed by atoms with Crippen LogP contribution in [0.1, 0.15) is 25.0 Å². The third-order valence-corrected chi connectivity index (χ3v) is 4.91. The van der Waals surface area contributed by atoms with Crippen LogP contribution in [-0.4, -0.2) is 17.9 Å². The van der Waals surface area contributed by atoms with Crippen molar-refractivity contribution in [2.75, 3.05) is 0 Å².